The minimum atomic E-state index is 0.156. The Morgan fingerprint density at radius 1 is 1.38 bits per heavy atom. The van der Waals surface area contributed by atoms with E-state index in [-0.39, 0.29) is 5.54 Å². The van der Waals surface area contributed by atoms with Gasteiger partial charge in [0.25, 0.3) is 0 Å². The van der Waals surface area contributed by atoms with Crippen molar-refractivity contribution in [2.75, 3.05) is 13.6 Å². The SMILES string of the molecule is C=CC[C@]1(N[C@H](C)c2ccccc2)C[C@@H](C)N(C)C[C@H]1C. The number of hydrogen-bond acceptors (Lipinski definition) is 2. The molecule has 2 heteroatoms. The number of hydrogen-bond donors (Lipinski definition) is 1. The maximum Gasteiger partial charge on any atom is 0.0297 e. The lowest BCUT2D eigenvalue weighted by atomic mass is 9.73. The van der Waals surface area contributed by atoms with Gasteiger partial charge in [0.15, 0.2) is 0 Å². The van der Waals surface area contributed by atoms with Crippen molar-refractivity contribution in [2.24, 2.45) is 5.92 Å². The second kappa shape index (κ2) is 6.76. The van der Waals surface area contributed by atoms with Crippen LogP contribution in [-0.4, -0.2) is 30.1 Å². The maximum absolute atomic E-state index is 4.00. The smallest absolute Gasteiger partial charge is 0.0297 e. The molecule has 1 fully saturated rings. The van der Waals surface area contributed by atoms with Crippen LogP contribution in [0.5, 0.6) is 0 Å². The monoisotopic (exact) mass is 286 g/mol. The summed E-state index contributed by atoms with van der Waals surface area (Å²) in [5.74, 6) is 0.614. The van der Waals surface area contributed by atoms with E-state index in [4.69, 9.17) is 0 Å². The molecule has 1 saturated heterocycles. The Hall–Kier alpha value is -1.12. The van der Waals surface area contributed by atoms with E-state index in [1.54, 1.807) is 0 Å². The predicted molar refractivity (Wildman–Crippen MR) is 91.4 cm³/mol. The normalized spacial score (nSPS) is 31.8. The number of benzene rings is 1. The van der Waals surface area contributed by atoms with Gasteiger partial charge < -0.3 is 10.2 Å². The van der Waals surface area contributed by atoms with Gasteiger partial charge in [0.2, 0.25) is 0 Å². The van der Waals surface area contributed by atoms with Crippen molar-refractivity contribution < 1.29 is 0 Å². The van der Waals surface area contributed by atoms with Crippen LogP contribution in [0.15, 0.2) is 43.0 Å². The summed E-state index contributed by atoms with van der Waals surface area (Å²) in [7, 11) is 2.24. The largest absolute Gasteiger partial charge is 0.304 e. The molecule has 116 valence electrons. The lowest BCUT2D eigenvalue weighted by Crippen LogP contribution is -2.60. The second-order valence-corrected chi connectivity index (χ2v) is 6.82. The molecule has 0 amide bonds. The van der Waals surface area contributed by atoms with Crippen LogP contribution >= 0.6 is 0 Å². The van der Waals surface area contributed by atoms with Gasteiger partial charge in [-0.25, -0.2) is 0 Å². The molecule has 0 spiro atoms. The minimum absolute atomic E-state index is 0.156. The van der Waals surface area contributed by atoms with Gasteiger partial charge in [-0.2, -0.15) is 0 Å². The highest BCUT2D eigenvalue weighted by atomic mass is 15.2. The van der Waals surface area contributed by atoms with Crippen molar-refractivity contribution in [1.29, 1.82) is 0 Å². The predicted octanol–water partition coefficient (Wildman–Crippen LogP) is 4.01. The van der Waals surface area contributed by atoms with E-state index in [1.165, 1.54) is 12.0 Å². The molecule has 21 heavy (non-hydrogen) atoms. The molecule has 1 aliphatic heterocycles. The molecule has 0 radical (unpaired) electrons. The van der Waals surface area contributed by atoms with Crippen LogP contribution in [0.1, 0.15) is 45.2 Å². The number of piperidine rings is 1. The molecule has 1 aromatic rings. The average Bonchev–Trinajstić information content (AvgIpc) is 2.46. The third-order valence-electron chi connectivity index (χ3n) is 5.23. The van der Waals surface area contributed by atoms with Crippen LogP contribution in [0.25, 0.3) is 0 Å². The van der Waals surface area contributed by atoms with E-state index in [9.17, 15) is 0 Å². The first-order valence-corrected chi connectivity index (χ1v) is 8.12. The zero-order chi connectivity index (χ0) is 15.5. The Labute approximate surface area is 130 Å². The van der Waals surface area contributed by atoms with Crippen LogP contribution < -0.4 is 5.32 Å². The fourth-order valence-corrected chi connectivity index (χ4v) is 3.73. The van der Waals surface area contributed by atoms with Crippen LogP contribution in [0.2, 0.25) is 0 Å². The van der Waals surface area contributed by atoms with Crippen molar-refractivity contribution >= 4 is 0 Å². The minimum Gasteiger partial charge on any atom is -0.304 e. The molecular weight excluding hydrogens is 256 g/mol. The van der Waals surface area contributed by atoms with Crippen LogP contribution in [0, 0.1) is 5.92 Å². The lowest BCUT2D eigenvalue weighted by Gasteiger charge is -2.50. The van der Waals surface area contributed by atoms with Gasteiger partial charge >= 0.3 is 0 Å². The number of rotatable bonds is 5. The summed E-state index contributed by atoms with van der Waals surface area (Å²) in [6.07, 6.45) is 4.29. The van der Waals surface area contributed by atoms with Gasteiger partial charge in [0.05, 0.1) is 0 Å². The van der Waals surface area contributed by atoms with Gasteiger partial charge in [-0.05, 0) is 45.2 Å². The summed E-state index contributed by atoms with van der Waals surface area (Å²) in [6, 6.07) is 11.7. The Kier molecular flexibility index (Phi) is 5.23. The second-order valence-electron chi connectivity index (χ2n) is 6.82. The van der Waals surface area contributed by atoms with Crippen molar-refractivity contribution in [3.8, 4) is 0 Å². The zero-order valence-electron chi connectivity index (χ0n) is 14.0. The fourth-order valence-electron chi connectivity index (χ4n) is 3.73. The molecule has 1 aliphatic rings. The highest BCUT2D eigenvalue weighted by Crippen LogP contribution is 2.36. The quantitative estimate of drug-likeness (QED) is 0.823. The fraction of sp³-hybridized carbons (Fsp3) is 0.579. The first-order valence-electron chi connectivity index (χ1n) is 8.12. The van der Waals surface area contributed by atoms with Crippen LogP contribution in [0.4, 0.5) is 0 Å². The van der Waals surface area contributed by atoms with E-state index < -0.39 is 0 Å². The molecule has 0 unspecified atom stereocenters. The molecule has 0 saturated carbocycles. The molecule has 1 N–H and O–H groups in total. The lowest BCUT2D eigenvalue weighted by molar-refractivity contribution is 0.0491. The third kappa shape index (κ3) is 3.56. The van der Waals surface area contributed by atoms with Crippen molar-refractivity contribution in [3.05, 3.63) is 48.6 Å². The summed E-state index contributed by atoms with van der Waals surface area (Å²) in [5.41, 5.74) is 1.52. The number of likely N-dealkylation sites (tertiary alicyclic amines) is 1. The third-order valence-corrected chi connectivity index (χ3v) is 5.23. The molecule has 2 rings (SSSR count). The molecule has 0 aromatic heterocycles. The molecule has 1 aromatic carbocycles. The highest BCUT2D eigenvalue weighted by Gasteiger charge is 2.42. The molecule has 0 bridgehead atoms. The number of nitrogens with zero attached hydrogens (tertiary/aromatic N) is 1. The first-order chi connectivity index (χ1) is 9.98. The Morgan fingerprint density at radius 2 is 2.05 bits per heavy atom. The molecule has 2 nitrogen and oxygen atoms in total. The summed E-state index contributed by atoms with van der Waals surface area (Å²) < 4.78 is 0. The van der Waals surface area contributed by atoms with Crippen LogP contribution in [0.3, 0.4) is 0 Å². The summed E-state index contributed by atoms with van der Waals surface area (Å²) in [5, 5.41) is 3.95. The van der Waals surface area contributed by atoms with Crippen molar-refractivity contribution in [1.82, 2.24) is 10.2 Å². The van der Waals surface area contributed by atoms with E-state index >= 15 is 0 Å². The zero-order valence-corrected chi connectivity index (χ0v) is 14.0. The summed E-state index contributed by atoms with van der Waals surface area (Å²) >= 11 is 0. The number of nitrogens with one attached hydrogen (secondary N) is 1. The maximum atomic E-state index is 4.00. The standard InChI is InChI=1S/C19H30N2/c1-6-12-19(13-16(3)21(5)14-15(19)2)20-17(4)18-10-8-7-9-11-18/h6-11,15-17,20H,1,12-14H2,2-5H3/t15-,16-,17-,19+/m1/s1. The molecular formula is C19H30N2. The van der Waals surface area contributed by atoms with Crippen molar-refractivity contribution in [3.63, 3.8) is 0 Å². The van der Waals surface area contributed by atoms with Gasteiger partial charge in [0.1, 0.15) is 0 Å². The summed E-state index contributed by atoms with van der Waals surface area (Å²) in [6.45, 7) is 12.1. The van der Waals surface area contributed by atoms with Gasteiger partial charge in [-0.3, -0.25) is 0 Å². The molecule has 4 atom stereocenters. The highest BCUT2D eigenvalue weighted by molar-refractivity contribution is 5.19. The van der Waals surface area contributed by atoms with E-state index in [0.29, 0.717) is 18.0 Å². The Morgan fingerprint density at radius 3 is 2.67 bits per heavy atom. The summed E-state index contributed by atoms with van der Waals surface area (Å²) in [4.78, 5) is 2.47. The Balaban J connectivity index is 2.20. The Bertz CT molecular complexity index is 456. The van der Waals surface area contributed by atoms with E-state index in [0.717, 1.165) is 13.0 Å². The first kappa shape index (κ1) is 16.3. The van der Waals surface area contributed by atoms with Gasteiger partial charge in [-0.1, -0.05) is 43.3 Å². The van der Waals surface area contributed by atoms with Crippen molar-refractivity contribution in [2.45, 2.75) is 51.2 Å². The average molecular weight is 286 g/mol. The van der Waals surface area contributed by atoms with Gasteiger partial charge in [0, 0.05) is 24.2 Å². The van der Waals surface area contributed by atoms with Gasteiger partial charge in [-0.15, -0.1) is 6.58 Å². The van der Waals surface area contributed by atoms with E-state index in [2.05, 4.69) is 81.0 Å². The van der Waals surface area contributed by atoms with Crippen LogP contribution in [-0.2, 0) is 0 Å². The molecule has 0 aliphatic carbocycles. The topological polar surface area (TPSA) is 15.3 Å². The molecule has 1 heterocycles. The van der Waals surface area contributed by atoms with E-state index in [1.807, 2.05) is 0 Å².